The molecule has 0 spiro atoms. The van der Waals surface area contributed by atoms with E-state index in [1.165, 1.54) is 12.8 Å². The number of benzene rings is 1. The van der Waals surface area contributed by atoms with Gasteiger partial charge in [0.2, 0.25) is 5.89 Å². The number of nitrogens with zero attached hydrogens (tertiary/aromatic N) is 2. The predicted octanol–water partition coefficient (Wildman–Crippen LogP) is 2.41. The molecule has 5 nitrogen and oxygen atoms in total. The monoisotopic (exact) mass is 271 g/mol. The molecule has 0 amide bonds. The average molecular weight is 271 g/mol. The van der Waals surface area contributed by atoms with Crippen LogP contribution < -0.4 is 10.1 Å². The lowest BCUT2D eigenvalue weighted by molar-refractivity contribution is 0.293. The molecule has 0 aliphatic carbocycles. The first-order chi connectivity index (χ1) is 9.92. The Hall–Kier alpha value is -1.88. The Balaban J connectivity index is 1.59. The molecule has 1 aromatic carbocycles. The quantitative estimate of drug-likeness (QED) is 0.909. The molecule has 20 heavy (non-hydrogen) atoms. The summed E-state index contributed by atoms with van der Waals surface area (Å²) in [5.74, 6) is 2.47. The van der Waals surface area contributed by atoms with Gasteiger partial charge in [0.25, 0.3) is 0 Å². The molecule has 2 aliphatic rings. The Labute approximate surface area is 117 Å². The van der Waals surface area contributed by atoms with E-state index >= 15 is 0 Å². The molecule has 2 atom stereocenters. The van der Waals surface area contributed by atoms with Crippen molar-refractivity contribution in [1.82, 2.24) is 15.5 Å². The highest BCUT2D eigenvalue weighted by Crippen LogP contribution is 2.37. The van der Waals surface area contributed by atoms with E-state index in [4.69, 9.17) is 9.26 Å². The van der Waals surface area contributed by atoms with Crippen LogP contribution in [0.1, 0.15) is 48.5 Å². The first-order valence-electron chi connectivity index (χ1n) is 7.20. The van der Waals surface area contributed by atoms with Gasteiger partial charge in [0.15, 0.2) is 5.82 Å². The van der Waals surface area contributed by atoms with Gasteiger partial charge < -0.3 is 14.6 Å². The first kappa shape index (κ1) is 11.9. The number of hydrogen-bond acceptors (Lipinski definition) is 5. The lowest BCUT2D eigenvalue weighted by atomic mass is 10.0. The fraction of sp³-hybridized carbons (Fsp3) is 0.467. The van der Waals surface area contributed by atoms with Crippen LogP contribution in [0, 0.1) is 0 Å². The molecule has 2 aliphatic heterocycles. The number of piperidine rings is 1. The van der Waals surface area contributed by atoms with E-state index in [0.717, 1.165) is 30.1 Å². The SMILES string of the molecule is c1ccc2c(c1)OCC2c1noc([C@@H]2CCCCN2)n1. The molecule has 3 heterocycles. The normalized spacial score (nSPS) is 25.2. The molecule has 1 N–H and O–H groups in total. The molecule has 1 aromatic heterocycles. The molecule has 1 saturated heterocycles. The average Bonchev–Trinajstić information content (AvgIpc) is 3.14. The molecule has 0 bridgehead atoms. The smallest absolute Gasteiger partial charge is 0.243 e. The fourth-order valence-electron chi connectivity index (χ4n) is 2.97. The third kappa shape index (κ3) is 1.98. The van der Waals surface area contributed by atoms with Gasteiger partial charge in [-0.1, -0.05) is 29.8 Å². The summed E-state index contributed by atoms with van der Waals surface area (Å²) in [4.78, 5) is 4.59. The van der Waals surface area contributed by atoms with Crippen LogP contribution in [0.15, 0.2) is 28.8 Å². The second kappa shape index (κ2) is 4.90. The van der Waals surface area contributed by atoms with Crippen molar-refractivity contribution < 1.29 is 9.26 Å². The zero-order chi connectivity index (χ0) is 13.4. The van der Waals surface area contributed by atoms with Crippen molar-refractivity contribution in [1.29, 1.82) is 0 Å². The van der Waals surface area contributed by atoms with Crippen molar-refractivity contribution in [2.75, 3.05) is 13.2 Å². The van der Waals surface area contributed by atoms with Crippen LogP contribution in [-0.2, 0) is 0 Å². The first-order valence-corrected chi connectivity index (χ1v) is 7.20. The molecular formula is C15H17N3O2. The zero-order valence-corrected chi connectivity index (χ0v) is 11.2. The lowest BCUT2D eigenvalue weighted by Gasteiger charge is -2.19. The maximum Gasteiger partial charge on any atom is 0.243 e. The van der Waals surface area contributed by atoms with E-state index in [0.29, 0.717) is 12.5 Å². The summed E-state index contributed by atoms with van der Waals surface area (Å²) in [6.45, 7) is 1.62. The van der Waals surface area contributed by atoms with Gasteiger partial charge in [-0.2, -0.15) is 4.98 Å². The standard InChI is InChI=1S/C15H17N3O2/c1-2-7-13-10(5-1)11(9-19-13)14-17-15(20-18-14)12-6-3-4-8-16-12/h1-2,5,7,11-12,16H,3-4,6,8-9H2/t11?,12-/m0/s1. The van der Waals surface area contributed by atoms with Crippen LogP contribution in [0.4, 0.5) is 0 Å². The van der Waals surface area contributed by atoms with Gasteiger partial charge >= 0.3 is 0 Å². The maximum atomic E-state index is 5.68. The Kier molecular flexibility index (Phi) is 2.92. The zero-order valence-electron chi connectivity index (χ0n) is 11.2. The highest BCUT2D eigenvalue weighted by Gasteiger charge is 2.30. The molecule has 104 valence electrons. The van der Waals surface area contributed by atoms with Crippen molar-refractivity contribution in [2.45, 2.75) is 31.2 Å². The van der Waals surface area contributed by atoms with Crippen LogP contribution >= 0.6 is 0 Å². The second-order valence-corrected chi connectivity index (χ2v) is 5.39. The number of rotatable bonds is 2. The number of hydrogen-bond donors (Lipinski definition) is 1. The maximum absolute atomic E-state index is 5.68. The van der Waals surface area contributed by atoms with E-state index in [9.17, 15) is 0 Å². The summed E-state index contributed by atoms with van der Waals surface area (Å²) >= 11 is 0. The van der Waals surface area contributed by atoms with Crippen molar-refractivity contribution in [2.24, 2.45) is 0 Å². The van der Waals surface area contributed by atoms with Gasteiger partial charge in [-0.3, -0.25) is 0 Å². The molecule has 0 radical (unpaired) electrons. The minimum atomic E-state index is 0.0901. The summed E-state index contributed by atoms with van der Waals surface area (Å²) in [5.41, 5.74) is 1.15. The molecule has 5 heteroatoms. The highest BCUT2D eigenvalue weighted by molar-refractivity contribution is 5.42. The summed E-state index contributed by atoms with van der Waals surface area (Å²) in [6, 6.07) is 8.27. The van der Waals surface area contributed by atoms with Gasteiger partial charge in [0.1, 0.15) is 12.4 Å². The number of nitrogens with one attached hydrogen (secondary N) is 1. The number of ether oxygens (including phenoxy) is 1. The highest BCUT2D eigenvalue weighted by atomic mass is 16.5. The van der Waals surface area contributed by atoms with Crippen molar-refractivity contribution in [3.63, 3.8) is 0 Å². The van der Waals surface area contributed by atoms with Crippen LogP contribution in [0.5, 0.6) is 5.75 Å². The molecule has 1 unspecified atom stereocenters. The minimum absolute atomic E-state index is 0.0901. The van der Waals surface area contributed by atoms with Gasteiger partial charge in [0.05, 0.1) is 12.0 Å². The van der Waals surface area contributed by atoms with Gasteiger partial charge in [-0.25, -0.2) is 0 Å². The fourth-order valence-corrected chi connectivity index (χ4v) is 2.97. The second-order valence-electron chi connectivity index (χ2n) is 5.39. The minimum Gasteiger partial charge on any atom is -0.492 e. The third-order valence-corrected chi connectivity index (χ3v) is 4.08. The van der Waals surface area contributed by atoms with Crippen LogP contribution in [0.2, 0.25) is 0 Å². The Morgan fingerprint density at radius 2 is 2.15 bits per heavy atom. The largest absolute Gasteiger partial charge is 0.492 e. The van der Waals surface area contributed by atoms with E-state index in [1.54, 1.807) is 0 Å². The summed E-state index contributed by atoms with van der Waals surface area (Å²) in [7, 11) is 0. The van der Waals surface area contributed by atoms with Crippen molar-refractivity contribution in [3.05, 3.63) is 41.5 Å². The van der Waals surface area contributed by atoms with E-state index in [1.807, 2.05) is 18.2 Å². The number of para-hydroxylation sites is 1. The third-order valence-electron chi connectivity index (χ3n) is 4.08. The molecule has 4 rings (SSSR count). The van der Waals surface area contributed by atoms with Crippen LogP contribution in [0.3, 0.4) is 0 Å². The Morgan fingerprint density at radius 3 is 3.05 bits per heavy atom. The molecular weight excluding hydrogens is 254 g/mol. The van der Waals surface area contributed by atoms with E-state index in [-0.39, 0.29) is 12.0 Å². The van der Waals surface area contributed by atoms with Gasteiger partial charge in [-0.05, 0) is 25.5 Å². The van der Waals surface area contributed by atoms with Gasteiger partial charge in [-0.15, -0.1) is 0 Å². The lowest BCUT2D eigenvalue weighted by Crippen LogP contribution is -2.27. The topological polar surface area (TPSA) is 60.2 Å². The summed E-state index contributed by atoms with van der Waals surface area (Å²) < 4.78 is 11.1. The van der Waals surface area contributed by atoms with E-state index in [2.05, 4.69) is 21.5 Å². The Bertz CT molecular complexity index is 605. The summed E-state index contributed by atoms with van der Waals surface area (Å²) in [5, 5.41) is 7.60. The summed E-state index contributed by atoms with van der Waals surface area (Å²) in [6.07, 6.45) is 3.51. The Morgan fingerprint density at radius 1 is 1.20 bits per heavy atom. The predicted molar refractivity (Wildman–Crippen MR) is 72.7 cm³/mol. The molecule has 2 aromatic rings. The molecule has 0 saturated carbocycles. The van der Waals surface area contributed by atoms with Crippen LogP contribution in [0.25, 0.3) is 0 Å². The van der Waals surface area contributed by atoms with Gasteiger partial charge in [0, 0.05) is 5.56 Å². The van der Waals surface area contributed by atoms with E-state index < -0.39 is 0 Å². The number of aromatic nitrogens is 2. The number of fused-ring (bicyclic) bond motifs is 1. The van der Waals surface area contributed by atoms with Crippen molar-refractivity contribution in [3.8, 4) is 5.75 Å². The molecule has 1 fully saturated rings. The van der Waals surface area contributed by atoms with Crippen molar-refractivity contribution >= 4 is 0 Å². The van der Waals surface area contributed by atoms with Crippen LogP contribution in [-0.4, -0.2) is 23.3 Å².